The van der Waals surface area contributed by atoms with Gasteiger partial charge in [0.2, 0.25) is 5.91 Å². The number of carbonyl (C=O) groups excluding carboxylic acids is 1. The molecule has 0 saturated carbocycles. The second kappa shape index (κ2) is 7.89. The van der Waals surface area contributed by atoms with Crippen LogP contribution in [-0.2, 0) is 4.79 Å². The van der Waals surface area contributed by atoms with Gasteiger partial charge in [-0.2, -0.15) is 11.8 Å². The van der Waals surface area contributed by atoms with Crippen molar-refractivity contribution < 1.29 is 15.0 Å². The highest BCUT2D eigenvalue weighted by Crippen LogP contribution is 2.06. The van der Waals surface area contributed by atoms with E-state index in [1.165, 1.54) is 0 Å². The predicted molar refractivity (Wildman–Crippen MR) is 64.5 cm³/mol. The van der Waals surface area contributed by atoms with E-state index in [4.69, 9.17) is 5.11 Å². The molecule has 4 N–H and O–H groups in total. The molecule has 0 aromatic carbocycles. The Kier molecular flexibility index (Phi) is 6.79. The zero-order chi connectivity index (χ0) is 11.8. The fraction of sp³-hybridized carbons (Fsp3) is 0.900. The SMILES string of the molecule is O=C(NCCSCCCO)C1CC(O)CN1. The van der Waals surface area contributed by atoms with Gasteiger partial charge in [0.05, 0.1) is 12.1 Å². The molecule has 2 atom stereocenters. The average molecular weight is 248 g/mol. The van der Waals surface area contributed by atoms with E-state index in [1.807, 2.05) is 0 Å². The maximum absolute atomic E-state index is 11.5. The lowest BCUT2D eigenvalue weighted by atomic mass is 10.2. The van der Waals surface area contributed by atoms with Gasteiger partial charge in [0, 0.05) is 25.4 Å². The van der Waals surface area contributed by atoms with Crippen molar-refractivity contribution >= 4 is 17.7 Å². The minimum atomic E-state index is -0.394. The highest BCUT2D eigenvalue weighted by Gasteiger charge is 2.27. The molecule has 1 heterocycles. The van der Waals surface area contributed by atoms with Gasteiger partial charge in [-0.05, 0) is 18.6 Å². The first-order chi connectivity index (χ1) is 7.74. The van der Waals surface area contributed by atoms with Crippen molar-refractivity contribution in [2.45, 2.75) is 25.0 Å². The van der Waals surface area contributed by atoms with Crippen LogP contribution in [0.5, 0.6) is 0 Å². The molecule has 6 heteroatoms. The summed E-state index contributed by atoms with van der Waals surface area (Å²) in [7, 11) is 0. The fourth-order valence-electron chi connectivity index (χ4n) is 1.56. The van der Waals surface area contributed by atoms with Crippen LogP contribution in [0.2, 0.25) is 0 Å². The van der Waals surface area contributed by atoms with Gasteiger partial charge >= 0.3 is 0 Å². The first-order valence-corrected chi connectivity index (χ1v) is 6.77. The van der Waals surface area contributed by atoms with Crippen molar-refractivity contribution in [2.24, 2.45) is 0 Å². The van der Waals surface area contributed by atoms with E-state index < -0.39 is 6.10 Å². The van der Waals surface area contributed by atoms with Crippen LogP contribution in [0.25, 0.3) is 0 Å². The van der Waals surface area contributed by atoms with Gasteiger partial charge in [0.15, 0.2) is 0 Å². The normalized spacial score (nSPS) is 24.6. The lowest BCUT2D eigenvalue weighted by molar-refractivity contribution is -0.122. The molecule has 0 aliphatic carbocycles. The topological polar surface area (TPSA) is 81.6 Å². The molecule has 0 aromatic rings. The quantitative estimate of drug-likeness (QED) is 0.432. The van der Waals surface area contributed by atoms with Gasteiger partial charge in [-0.25, -0.2) is 0 Å². The minimum Gasteiger partial charge on any atom is -0.396 e. The fourth-order valence-corrected chi connectivity index (χ4v) is 2.34. The van der Waals surface area contributed by atoms with Crippen LogP contribution in [0.15, 0.2) is 0 Å². The minimum absolute atomic E-state index is 0.0284. The lowest BCUT2D eigenvalue weighted by Crippen LogP contribution is -2.41. The Morgan fingerprint density at radius 1 is 1.50 bits per heavy atom. The predicted octanol–water partition coefficient (Wildman–Crippen LogP) is -1.06. The summed E-state index contributed by atoms with van der Waals surface area (Å²) in [5.74, 6) is 1.76. The molecule has 16 heavy (non-hydrogen) atoms. The van der Waals surface area contributed by atoms with Gasteiger partial charge in [0.1, 0.15) is 0 Å². The van der Waals surface area contributed by atoms with Crippen LogP contribution < -0.4 is 10.6 Å². The van der Waals surface area contributed by atoms with Crippen molar-refractivity contribution in [1.29, 1.82) is 0 Å². The van der Waals surface area contributed by atoms with Crippen LogP contribution in [0.1, 0.15) is 12.8 Å². The number of aliphatic hydroxyl groups is 2. The van der Waals surface area contributed by atoms with E-state index in [0.717, 1.165) is 17.9 Å². The van der Waals surface area contributed by atoms with Crippen LogP contribution >= 0.6 is 11.8 Å². The number of nitrogens with one attached hydrogen (secondary N) is 2. The molecule has 2 unspecified atom stereocenters. The van der Waals surface area contributed by atoms with Gasteiger partial charge < -0.3 is 20.8 Å². The van der Waals surface area contributed by atoms with Crippen LogP contribution in [0, 0.1) is 0 Å². The highest BCUT2D eigenvalue weighted by atomic mass is 32.2. The first kappa shape index (κ1) is 13.8. The van der Waals surface area contributed by atoms with E-state index in [-0.39, 0.29) is 18.6 Å². The Morgan fingerprint density at radius 2 is 2.31 bits per heavy atom. The summed E-state index contributed by atoms with van der Waals surface area (Å²) >= 11 is 1.72. The number of aliphatic hydroxyl groups excluding tert-OH is 2. The molecule has 1 fully saturated rings. The molecule has 1 rings (SSSR count). The zero-order valence-corrected chi connectivity index (χ0v) is 10.1. The number of hydrogen-bond donors (Lipinski definition) is 4. The summed E-state index contributed by atoms with van der Waals surface area (Å²) in [6, 6.07) is -0.238. The van der Waals surface area contributed by atoms with Crippen LogP contribution in [-0.4, -0.2) is 59.5 Å². The molecular weight excluding hydrogens is 228 g/mol. The molecule has 0 bridgehead atoms. The molecule has 1 aliphatic heterocycles. The number of amides is 1. The maximum atomic E-state index is 11.5. The Balaban J connectivity index is 1.98. The van der Waals surface area contributed by atoms with E-state index in [1.54, 1.807) is 11.8 Å². The van der Waals surface area contributed by atoms with Crippen molar-refractivity contribution in [2.75, 3.05) is 31.2 Å². The van der Waals surface area contributed by atoms with E-state index in [0.29, 0.717) is 19.5 Å². The highest BCUT2D eigenvalue weighted by molar-refractivity contribution is 7.99. The second-order valence-corrected chi connectivity index (χ2v) is 5.06. The summed E-state index contributed by atoms with van der Waals surface area (Å²) in [4.78, 5) is 11.5. The zero-order valence-electron chi connectivity index (χ0n) is 9.32. The largest absolute Gasteiger partial charge is 0.396 e. The molecule has 1 saturated heterocycles. The number of rotatable bonds is 7. The Labute approximate surface area is 100.0 Å². The lowest BCUT2D eigenvalue weighted by Gasteiger charge is -2.10. The third kappa shape index (κ3) is 5.16. The Morgan fingerprint density at radius 3 is 2.94 bits per heavy atom. The van der Waals surface area contributed by atoms with Gasteiger partial charge in [-0.3, -0.25) is 4.79 Å². The van der Waals surface area contributed by atoms with Crippen molar-refractivity contribution in [3.05, 3.63) is 0 Å². The smallest absolute Gasteiger partial charge is 0.237 e. The number of thioether (sulfide) groups is 1. The molecule has 0 radical (unpaired) electrons. The molecular formula is C10H20N2O3S. The molecule has 1 amide bonds. The first-order valence-electron chi connectivity index (χ1n) is 5.62. The monoisotopic (exact) mass is 248 g/mol. The number of β-amino-alcohol motifs (C(OH)–C–C–N with tert-alkyl or cyclic N) is 1. The van der Waals surface area contributed by atoms with Gasteiger partial charge in [-0.1, -0.05) is 0 Å². The third-order valence-corrected chi connectivity index (χ3v) is 3.49. The van der Waals surface area contributed by atoms with Crippen LogP contribution in [0.4, 0.5) is 0 Å². The number of carbonyl (C=O) groups is 1. The van der Waals surface area contributed by atoms with Gasteiger partial charge in [-0.15, -0.1) is 0 Å². The van der Waals surface area contributed by atoms with E-state index >= 15 is 0 Å². The summed E-state index contributed by atoms with van der Waals surface area (Å²) in [5.41, 5.74) is 0. The van der Waals surface area contributed by atoms with Gasteiger partial charge in [0.25, 0.3) is 0 Å². The molecule has 5 nitrogen and oxygen atoms in total. The maximum Gasteiger partial charge on any atom is 0.237 e. The second-order valence-electron chi connectivity index (χ2n) is 3.83. The number of hydrogen-bond acceptors (Lipinski definition) is 5. The molecule has 0 spiro atoms. The molecule has 1 aliphatic rings. The summed E-state index contributed by atoms with van der Waals surface area (Å²) in [6.45, 7) is 1.37. The standard InChI is InChI=1S/C10H20N2O3S/c13-3-1-4-16-5-2-11-10(15)9-6-8(14)7-12-9/h8-9,12-14H,1-7H2,(H,11,15). The Bertz CT molecular complexity index is 216. The Hall–Kier alpha value is -0.300. The van der Waals surface area contributed by atoms with E-state index in [2.05, 4.69) is 10.6 Å². The average Bonchev–Trinajstić information content (AvgIpc) is 2.70. The van der Waals surface area contributed by atoms with Crippen molar-refractivity contribution in [3.63, 3.8) is 0 Å². The van der Waals surface area contributed by atoms with Crippen molar-refractivity contribution in [3.8, 4) is 0 Å². The van der Waals surface area contributed by atoms with E-state index in [9.17, 15) is 9.90 Å². The molecule has 0 aromatic heterocycles. The van der Waals surface area contributed by atoms with Crippen LogP contribution in [0.3, 0.4) is 0 Å². The third-order valence-electron chi connectivity index (χ3n) is 2.42. The van der Waals surface area contributed by atoms with Crippen molar-refractivity contribution in [1.82, 2.24) is 10.6 Å². The summed E-state index contributed by atoms with van der Waals surface area (Å²) in [5, 5.41) is 23.6. The summed E-state index contributed by atoms with van der Waals surface area (Å²) in [6.07, 6.45) is 0.910. The molecule has 94 valence electrons. The summed E-state index contributed by atoms with van der Waals surface area (Å²) < 4.78 is 0.